The molecule has 1 aliphatic carbocycles. The molecule has 1 N–H and O–H groups in total. The molecule has 1 aliphatic rings. The molecule has 3 nitrogen and oxygen atoms in total. The molecule has 0 bridgehead atoms. The number of amides is 1. The van der Waals surface area contributed by atoms with Crippen LogP contribution in [0.4, 0.5) is 0 Å². The Hall–Kier alpha value is -1.22. The maximum absolute atomic E-state index is 11.9. The van der Waals surface area contributed by atoms with E-state index in [1.165, 1.54) is 0 Å². The summed E-state index contributed by atoms with van der Waals surface area (Å²) in [6, 6.07) is 3.77. The fourth-order valence-corrected chi connectivity index (χ4v) is 1.66. The van der Waals surface area contributed by atoms with E-state index in [9.17, 15) is 4.79 Å². The normalized spacial score (nSPS) is 14.7. The molecule has 0 aliphatic heterocycles. The van der Waals surface area contributed by atoms with Gasteiger partial charge in [-0.3, -0.25) is 4.79 Å². The number of nitrogens with one attached hydrogen (secondary N) is 1. The summed E-state index contributed by atoms with van der Waals surface area (Å²) >= 11 is 6.00. The van der Waals surface area contributed by atoms with E-state index in [-0.39, 0.29) is 5.91 Å². The lowest BCUT2D eigenvalue weighted by Gasteiger charge is -2.10. The minimum absolute atomic E-state index is 0.110. The van der Waals surface area contributed by atoms with Gasteiger partial charge in [0.05, 0.1) is 12.7 Å². The summed E-state index contributed by atoms with van der Waals surface area (Å²) in [5.74, 6) is 0.460. The molecule has 1 fully saturated rings. The zero-order valence-electron chi connectivity index (χ0n) is 9.34. The van der Waals surface area contributed by atoms with Crippen LogP contribution in [0.1, 0.15) is 28.8 Å². The fraction of sp³-hybridized carbons (Fsp3) is 0.417. The van der Waals surface area contributed by atoms with Crippen LogP contribution in [0.2, 0.25) is 5.02 Å². The average molecular weight is 240 g/mol. The average Bonchev–Trinajstić information content (AvgIpc) is 3.05. The van der Waals surface area contributed by atoms with Gasteiger partial charge in [0.25, 0.3) is 5.91 Å². The largest absolute Gasteiger partial charge is 0.496 e. The van der Waals surface area contributed by atoms with Crippen molar-refractivity contribution in [2.24, 2.45) is 0 Å². The summed E-state index contributed by atoms with van der Waals surface area (Å²) in [4.78, 5) is 11.9. The van der Waals surface area contributed by atoms with Crippen LogP contribution < -0.4 is 10.1 Å². The molecule has 0 atom stereocenters. The minimum atomic E-state index is -0.110. The number of carbonyl (C=O) groups is 1. The second-order valence-electron chi connectivity index (χ2n) is 4.05. The Balaban J connectivity index is 2.29. The van der Waals surface area contributed by atoms with Crippen LogP contribution in [0.5, 0.6) is 5.75 Å². The van der Waals surface area contributed by atoms with Crippen molar-refractivity contribution in [3.63, 3.8) is 0 Å². The third-order valence-corrected chi connectivity index (χ3v) is 3.05. The Morgan fingerprint density at radius 3 is 2.75 bits per heavy atom. The van der Waals surface area contributed by atoms with Crippen molar-refractivity contribution in [1.29, 1.82) is 0 Å². The molecular formula is C12H14ClNO2. The van der Waals surface area contributed by atoms with Gasteiger partial charge in [0, 0.05) is 11.1 Å². The summed E-state index contributed by atoms with van der Waals surface area (Å²) in [7, 11) is 1.55. The zero-order valence-corrected chi connectivity index (χ0v) is 10.1. The molecule has 1 saturated carbocycles. The van der Waals surface area contributed by atoms with Gasteiger partial charge in [-0.15, -0.1) is 0 Å². The Morgan fingerprint density at radius 1 is 1.50 bits per heavy atom. The first-order chi connectivity index (χ1) is 7.61. The van der Waals surface area contributed by atoms with Crippen LogP contribution in [0, 0.1) is 6.92 Å². The van der Waals surface area contributed by atoms with Gasteiger partial charge in [0.2, 0.25) is 0 Å². The summed E-state index contributed by atoms with van der Waals surface area (Å²) in [6.07, 6.45) is 2.13. The summed E-state index contributed by atoms with van der Waals surface area (Å²) in [6.45, 7) is 1.88. The molecule has 0 unspecified atom stereocenters. The topological polar surface area (TPSA) is 38.3 Å². The zero-order chi connectivity index (χ0) is 11.7. The van der Waals surface area contributed by atoms with Gasteiger partial charge in [0.15, 0.2) is 0 Å². The molecule has 0 aromatic heterocycles. The SMILES string of the molecule is COc1cc(C)c(Cl)cc1C(=O)NC1CC1. The Labute approximate surface area is 99.7 Å². The van der Waals surface area contributed by atoms with E-state index in [1.54, 1.807) is 19.2 Å². The molecule has 0 spiro atoms. The maximum Gasteiger partial charge on any atom is 0.255 e. The third-order valence-electron chi connectivity index (χ3n) is 2.64. The lowest BCUT2D eigenvalue weighted by molar-refractivity contribution is 0.0948. The molecule has 2 rings (SSSR count). The number of hydrogen-bond donors (Lipinski definition) is 1. The number of benzene rings is 1. The molecule has 0 heterocycles. The number of hydrogen-bond acceptors (Lipinski definition) is 2. The van der Waals surface area contributed by atoms with Crippen LogP contribution >= 0.6 is 11.6 Å². The van der Waals surface area contributed by atoms with Gasteiger partial charge in [-0.1, -0.05) is 11.6 Å². The Morgan fingerprint density at radius 2 is 2.19 bits per heavy atom. The first-order valence-electron chi connectivity index (χ1n) is 5.27. The van der Waals surface area contributed by atoms with Gasteiger partial charge in [-0.2, -0.15) is 0 Å². The van der Waals surface area contributed by atoms with Gasteiger partial charge < -0.3 is 10.1 Å². The number of methoxy groups -OCH3 is 1. The lowest BCUT2D eigenvalue weighted by atomic mass is 10.1. The van der Waals surface area contributed by atoms with Crippen molar-refractivity contribution in [2.75, 3.05) is 7.11 Å². The van der Waals surface area contributed by atoms with E-state index in [0.29, 0.717) is 22.4 Å². The summed E-state index contributed by atoms with van der Waals surface area (Å²) in [5, 5.41) is 3.50. The predicted molar refractivity (Wildman–Crippen MR) is 63.2 cm³/mol. The van der Waals surface area contributed by atoms with Crippen molar-refractivity contribution >= 4 is 17.5 Å². The van der Waals surface area contributed by atoms with Crippen molar-refractivity contribution in [1.82, 2.24) is 5.32 Å². The number of carbonyl (C=O) groups excluding carboxylic acids is 1. The van der Waals surface area contributed by atoms with Crippen LogP contribution in [0.15, 0.2) is 12.1 Å². The molecule has 1 amide bonds. The number of aryl methyl sites for hydroxylation is 1. The summed E-state index contributed by atoms with van der Waals surface area (Å²) in [5.41, 5.74) is 1.41. The van der Waals surface area contributed by atoms with E-state index < -0.39 is 0 Å². The minimum Gasteiger partial charge on any atom is -0.496 e. The number of ether oxygens (including phenoxy) is 1. The standard InChI is InChI=1S/C12H14ClNO2/c1-7-5-11(16-2)9(6-10(7)13)12(15)14-8-3-4-8/h5-6,8H,3-4H2,1-2H3,(H,14,15). The van der Waals surface area contributed by atoms with Crippen LogP contribution in [0.3, 0.4) is 0 Å². The molecule has 1 aromatic rings. The highest BCUT2D eigenvalue weighted by Crippen LogP contribution is 2.27. The van der Waals surface area contributed by atoms with E-state index in [1.807, 2.05) is 6.92 Å². The fourth-order valence-electron chi connectivity index (χ4n) is 1.49. The molecule has 4 heteroatoms. The van der Waals surface area contributed by atoms with Crippen molar-refractivity contribution in [3.05, 3.63) is 28.3 Å². The van der Waals surface area contributed by atoms with Crippen molar-refractivity contribution in [3.8, 4) is 5.75 Å². The highest BCUT2D eigenvalue weighted by atomic mass is 35.5. The van der Waals surface area contributed by atoms with Crippen LogP contribution in [-0.2, 0) is 0 Å². The predicted octanol–water partition coefficient (Wildman–Crippen LogP) is 2.55. The Bertz CT molecular complexity index is 427. The van der Waals surface area contributed by atoms with E-state index in [2.05, 4.69) is 5.32 Å². The molecule has 86 valence electrons. The first-order valence-corrected chi connectivity index (χ1v) is 5.64. The lowest BCUT2D eigenvalue weighted by Crippen LogP contribution is -2.25. The second kappa shape index (κ2) is 4.34. The maximum atomic E-state index is 11.9. The van der Waals surface area contributed by atoms with E-state index >= 15 is 0 Å². The van der Waals surface area contributed by atoms with Gasteiger partial charge >= 0.3 is 0 Å². The quantitative estimate of drug-likeness (QED) is 0.881. The second-order valence-corrected chi connectivity index (χ2v) is 4.46. The highest BCUT2D eigenvalue weighted by molar-refractivity contribution is 6.31. The Kier molecular flexibility index (Phi) is 3.06. The van der Waals surface area contributed by atoms with Gasteiger partial charge in [0.1, 0.15) is 5.75 Å². The molecular weight excluding hydrogens is 226 g/mol. The van der Waals surface area contributed by atoms with Crippen LogP contribution in [0.25, 0.3) is 0 Å². The van der Waals surface area contributed by atoms with Crippen LogP contribution in [-0.4, -0.2) is 19.1 Å². The van der Waals surface area contributed by atoms with Crippen molar-refractivity contribution < 1.29 is 9.53 Å². The molecule has 0 saturated heterocycles. The number of rotatable bonds is 3. The molecule has 1 aromatic carbocycles. The van der Waals surface area contributed by atoms with E-state index in [4.69, 9.17) is 16.3 Å². The third kappa shape index (κ3) is 2.30. The summed E-state index contributed by atoms with van der Waals surface area (Å²) < 4.78 is 5.18. The van der Waals surface area contributed by atoms with E-state index in [0.717, 1.165) is 18.4 Å². The molecule has 0 radical (unpaired) electrons. The molecule has 16 heavy (non-hydrogen) atoms. The monoisotopic (exact) mass is 239 g/mol. The number of halogens is 1. The smallest absolute Gasteiger partial charge is 0.255 e. The van der Waals surface area contributed by atoms with Crippen molar-refractivity contribution in [2.45, 2.75) is 25.8 Å². The first kappa shape index (κ1) is 11.3. The van der Waals surface area contributed by atoms with Gasteiger partial charge in [-0.25, -0.2) is 0 Å². The highest BCUT2D eigenvalue weighted by Gasteiger charge is 2.25. The van der Waals surface area contributed by atoms with Gasteiger partial charge in [-0.05, 0) is 37.5 Å².